The fourth-order valence-corrected chi connectivity index (χ4v) is 4.03. The number of non-ortho nitro benzene ring substituents is 1. The molecular weight excluding hydrogens is 367 g/mol. The molecule has 0 heterocycles. The van der Waals surface area contributed by atoms with Gasteiger partial charge in [0.1, 0.15) is 5.82 Å². The number of benzene rings is 2. The minimum absolute atomic E-state index is 0.0230. The lowest BCUT2D eigenvalue weighted by molar-refractivity contribution is -0.384. The van der Waals surface area contributed by atoms with Crippen LogP contribution in [0.15, 0.2) is 52.5 Å². The maximum atomic E-state index is 13.8. The summed E-state index contributed by atoms with van der Waals surface area (Å²) in [6.07, 6.45) is 3.46. The largest absolute Gasteiger partial charge is 0.269 e. The molecule has 0 saturated heterocycles. The van der Waals surface area contributed by atoms with Gasteiger partial charge in [0.25, 0.3) is 5.69 Å². The van der Waals surface area contributed by atoms with E-state index in [0.29, 0.717) is 6.42 Å². The number of halogens is 1. The van der Waals surface area contributed by atoms with E-state index in [0.717, 1.165) is 41.0 Å². The van der Waals surface area contributed by atoms with Gasteiger partial charge in [-0.1, -0.05) is 37.1 Å². The first-order chi connectivity index (χ1) is 13.0. The Labute approximate surface area is 162 Å². The lowest BCUT2D eigenvalue weighted by Gasteiger charge is -2.15. The minimum Gasteiger partial charge on any atom is -0.258 e. The summed E-state index contributed by atoms with van der Waals surface area (Å²) in [6.45, 7) is 2.39. The van der Waals surface area contributed by atoms with Crippen LogP contribution in [0.3, 0.4) is 0 Å². The molecule has 0 aliphatic rings. The van der Waals surface area contributed by atoms with Crippen molar-refractivity contribution in [3.05, 3.63) is 74.4 Å². The van der Waals surface area contributed by atoms with E-state index in [2.05, 4.69) is 12.1 Å². The van der Waals surface area contributed by atoms with Gasteiger partial charge in [-0.05, 0) is 48.1 Å². The maximum Gasteiger partial charge on any atom is 0.269 e. The second-order valence-electron chi connectivity index (χ2n) is 6.49. The fraction of sp³-hybridized carbons (Fsp3) is 0.400. The average Bonchev–Trinajstić information content (AvgIpc) is 2.65. The third-order valence-corrected chi connectivity index (χ3v) is 5.66. The number of nitroso groups, excluding NO2 is 1. The van der Waals surface area contributed by atoms with E-state index in [9.17, 15) is 19.4 Å². The highest BCUT2D eigenvalue weighted by Crippen LogP contribution is 2.29. The van der Waals surface area contributed by atoms with Crippen LogP contribution in [0.25, 0.3) is 0 Å². The van der Waals surface area contributed by atoms with E-state index in [1.54, 1.807) is 30.0 Å². The molecule has 0 spiro atoms. The monoisotopic (exact) mass is 390 g/mol. The summed E-state index contributed by atoms with van der Waals surface area (Å²) in [4.78, 5) is 22.1. The van der Waals surface area contributed by atoms with Crippen LogP contribution in [-0.2, 0) is 6.42 Å². The Kier molecular flexibility index (Phi) is 8.39. The molecule has 0 radical (unpaired) electrons. The summed E-state index contributed by atoms with van der Waals surface area (Å²) >= 11 is 1.58. The normalized spacial score (nSPS) is 11.9. The molecule has 2 rings (SSSR count). The summed E-state index contributed by atoms with van der Waals surface area (Å²) in [7, 11) is 0. The predicted molar refractivity (Wildman–Crippen MR) is 107 cm³/mol. The van der Waals surface area contributed by atoms with Gasteiger partial charge in [-0.15, -0.1) is 11.8 Å². The third kappa shape index (κ3) is 6.75. The molecule has 1 unspecified atom stereocenters. The van der Waals surface area contributed by atoms with Crippen molar-refractivity contribution in [3.63, 3.8) is 0 Å². The molecule has 0 aromatic heterocycles. The van der Waals surface area contributed by atoms with Crippen LogP contribution < -0.4 is 0 Å². The zero-order valence-corrected chi connectivity index (χ0v) is 16.1. The highest BCUT2D eigenvalue weighted by Gasteiger charge is 2.13. The molecule has 2 aromatic rings. The molecule has 5 nitrogen and oxygen atoms in total. The number of hydrogen-bond donors (Lipinski definition) is 0. The first kappa shape index (κ1) is 21.0. The van der Waals surface area contributed by atoms with Crippen LogP contribution in [0.2, 0.25) is 0 Å². The Hall–Kier alpha value is -2.28. The molecule has 144 valence electrons. The molecule has 2 aromatic carbocycles. The van der Waals surface area contributed by atoms with Gasteiger partial charge in [-0.25, -0.2) is 4.39 Å². The van der Waals surface area contributed by atoms with Gasteiger partial charge in [0.15, 0.2) is 0 Å². The number of nitro groups is 1. The average molecular weight is 390 g/mol. The molecular formula is C20H23FN2O3S. The smallest absolute Gasteiger partial charge is 0.258 e. The van der Waals surface area contributed by atoms with E-state index < -0.39 is 4.92 Å². The summed E-state index contributed by atoms with van der Waals surface area (Å²) in [5.41, 5.74) is 1.57. The minimum atomic E-state index is -0.435. The Morgan fingerprint density at radius 3 is 2.78 bits per heavy atom. The van der Waals surface area contributed by atoms with Crippen molar-refractivity contribution in [1.82, 2.24) is 0 Å². The molecule has 0 saturated carbocycles. The lowest BCUT2D eigenvalue weighted by atomic mass is 10.0. The summed E-state index contributed by atoms with van der Waals surface area (Å²) < 4.78 is 13.8. The third-order valence-electron chi connectivity index (χ3n) is 4.31. The van der Waals surface area contributed by atoms with E-state index in [1.807, 2.05) is 0 Å². The second-order valence-corrected chi connectivity index (χ2v) is 7.55. The Bertz CT molecular complexity index is 786. The number of rotatable bonds is 11. The highest BCUT2D eigenvalue weighted by molar-refractivity contribution is 7.99. The number of thioether (sulfide) groups is 1. The van der Waals surface area contributed by atoms with E-state index in [1.165, 1.54) is 24.3 Å². The molecule has 0 amide bonds. The zero-order chi connectivity index (χ0) is 19.6. The van der Waals surface area contributed by atoms with Crippen LogP contribution in [0, 0.1) is 26.8 Å². The number of nitro benzene ring substituents is 1. The Balaban J connectivity index is 2.15. The molecule has 0 fully saturated rings. The molecule has 1 atom stereocenters. The van der Waals surface area contributed by atoms with Crippen molar-refractivity contribution in [3.8, 4) is 0 Å². The number of unbranched alkanes of at least 4 members (excludes halogenated alkanes) is 1. The van der Waals surface area contributed by atoms with Gasteiger partial charge in [0.05, 0.1) is 11.5 Å². The standard InChI is InChI=1S/C20H23FN2O3S/c1-2-3-5-16(13-22-24)14-27-20-9-8-18(21)12-17(20)10-15-6-4-7-19(11-15)23(25)26/h4,6-9,11-12,16H,2-3,5,10,13-14H2,1H3. The Morgan fingerprint density at radius 2 is 2.07 bits per heavy atom. The van der Waals surface area contributed by atoms with Crippen molar-refractivity contribution >= 4 is 17.4 Å². The molecule has 27 heavy (non-hydrogen) atoms. The van der Waals surface area contributed by atoms with Gasteiger partial charge < -0.3 is 0 Å². The van der Waals surface area contributed by atoms with Gasteiger partial charge in [0, 0.05) is 22.8 Å². The van der Waals surface area contributed by atoms with Crippen LogP contribution in [-0.4, -0.2) is 17.2 Å². The van der Waals surface area contributed by atoms with Gasteiger partial charge in [-0.2, -0.15) is 4.91 Å². The Morgan fingerprint density at radius 1 is 1.26 bits per heavy atom. The van der Waals surface area contributed by atoms with Gasteiger partial charge in [-0.3, -0.25) is 10.1 Å². The summed E-state index contributed by atoms with van der Waals surface area (Å²) in [5, 5.41) is 14.0. The predicted octanol–water partition coefficient (Wildman–Crippen LogP) is 5.99. The molecule has 0 N–H and O–H groups in total. The van der Waals surface area contributed by atoms with Crippen LogP contribution in [0.1, 0.15) is 37.3 Å². The SMILES string of the molecule is CCCCC(CN=O)CSc1ccc(F)cc1Cc1cccc([N+](=O)[O-])c1. The van der Waals surface area contributed by atoms with Crippen molar-refractivity contribution in [2.45, 2.75) is 37.5 Å². The summed E-state index contributed by atoms with van der Waals surface area (Å²) in [5.74, 6) is 0.597. The number of hydrogen-bond acceptors (Lipinski definition) is 5. The molecule has 7 heteroatoms. The molecule has 0 bridgehead atoms. The zero-order valence-electron chi connectivity index (χ0n) is 15.3. The van der Waals surface area contributed by atoms with Crippen molar-refractivity contribution in [2.75, 3.05) is 12.3 Å². The van der Waals surface area contributed by atoms with Crippen LogP contribution >= 0.6 is 11.8 Å². The van der Waals surface area contributed by atoms with Gasteiger partial charge >= 0.3 is 0 Å². The lowest BCUT2D eigenvalue weighted by Crippen LogP contribution is -2.08. The van der Waals surface area contributed by atoms with E-state index in [-0.39, 0.29) is 24.0 Å². The van der Waals surface area contributed by atoms with Crippen LogP contribution in [0.4, 0.5) is 10.1 Å². The quantitative estimate of drug-likeness (QED) is 0.204. The fourth-order valence-electron chi connectivity index (χ4n) is 2.86. The van der Waals surface area contributed by atoms with E-state index >= 15 is 0 Å². The highest BCUT2D eigenvalue weighted by atomic mass is 32.2. The topological polar surface area (TPSA) is 72.6 Å². The maximum absolute atomic E-state index is 13.8. The summed E-state index contributed by atoms with van der Waals surface area (Å²) in [6, 6.07) is 11.0. The number of nitrogens with zero attached hydrogens (tertiary/aromatic N) is 2. The molecule has 0 aliphatic carbocycles. The van der Waals surface area contributed by atoms with Crippen molar-refractivity contribution in [1.29, 1.82) is 0 Å². The van der Waals surface area contributed by atoms with E-state index in [4.69, 9.17) is 0 Å². The second kappa shape index (κ2) is 10.8. The molecule has 0 aliphatic heterocycles. The van der Waals surface area contributed by atoms with Crippen molar-refractivity contribution in [2.24, 2.45) is 11.1 Å². The first-order valence-electron chi connectivity index (χ1n) is 8.97. The first-order valence-corrected chi connectivity index (χ1v) is 9.95. The van der Waals surface area contributed by atoms with Gasteiger partial charge in [0.2, 0.25) is 0 Å². The van der Waals surface area contributed by atoms with Crippen molar-refractivity contribution < 1.29 is 9.31 Å². The van der Waals surface area contributed by atoms with Crippen LogP contribution in [0.5, 0.6) is 0 Å².